The first-order valence-electron chi connectivity index (χ1n) is 18.8. The van der Waals surface area contributed by atoms with Crippen LogP contribution in [-0.4, -0.2) is 65.8 Å². The lowest BCUT2D eigenvalue weighted by molar-refractivity contribution is -0.143. The van der Waals surface area contributed by atoms with E-state index in [4.69, 9.17) is 4.43 Å². The first-order chi connectivity index (χ1) is 21.7. The van der Waals surface area contributed by atoms with Crippen LogP contribution in [0.4, 0.5) is 0 Å². The minimum absolute atomic E-state index is 0.0147. The van der Waals surface area contributed by atoms with E-state index in [9.17, 15) is 4.79 Å². The zero-order valence-corrected chi connectivity index (χ0v) is 28.7. The minimum Gasteiger partial charge on any atom is -0.529 e. The summed E-state index contributed by atoms with van der Waals surface area (Å²) in [4.78, 5) is 13.3. The van der Waals surface area contributed by atoms with Crippen molar-refractivity contribution >= 4 is 16.5 Å². The maximum atomic E-state index is 13.3. The van der Waals surface area contributed by atoms with Crippen molar-refractivity contribution < 1.29 is 9.22 Å². The van der Waals surface area contributed by atoms with Crippen molar-refractivity contribution in [2.45, 2.75) is 146 Å². The lowest BCUT2D eigenvalue weighted by atomic mass is 9.71. The molecule has 9 aliphatic rings. The summed E-state index contributed by atoms with van der Waals surface area (Å²) in [7, 11) is 0.476. The van der Waals surface area contributed by atoms with Crippen molar-refractivity contribution in [1.29, 1.82) is 0 Å². The summed E-state index contributed by atoms with van der Waals surface area (Å²) in [5, 5.41) is 33.4. The van der Waals surface area contributed by atoms with Crippen LogP contribution in [0.15, 0.2) is 0 Å². The van der Waals surface area contributed by atoms with Crippen molar-refractivity contribution in [1.82, 2.24) is 42.5 Å². The molecule has 0 spiro atoms. The third-order valence-electron chi connectivity index (χ3n) is 14.4. The van der Waals surface area contributed by atoms with E-state index in [1.807, 2.05) is 0 Å². The number of hydrogen-bond donors (Lipinski definition) is 8. The van der Waals surface area contributed by atoms with E-state index in [1.54, 1.807) is 0 Å². The fraction of sp³-hybridized carbons (Fsp3) is 0.970. The van der Waals surface area contributed by atoms with E-state index < -0.39 is 0 Å². The van der Waals surface area contributed by atoms with Crippen molar-refractivity contribution in [3.8, 4) is 0 Å². The fourth-order valence-electron chi connectivity index (χ4n) is 12.5. The van der Waals surface area contributed by atoms with Gasteiger partial charge in [0.15, 0.2) is 0 Å². The third-order valence-corrected chi connectivity index (χ3v) is 14.8. The van der Waals surface area contributed by atoms with Crippen LogP contribution in [-0.2, 0) is 9.22 Å². The van der Waals surface area contributed by atoms with Gasteiger partial charge in [0, 0.05) is 5.92 Å². The second-order valence-corrected chi connectivity index (χ2v) is 16.7. The van der Waals surface area contributed by atoms with Gasteiger partial charge in [0.25, 0.3) is 5.97 Å². The monoisotopic (exact) mass is 626 g/mol. The van der Waals surface area contributed by atoms with Crippen LogP contribution in [0, 0.1) is 53.3 Å². The molecular formula is C33H58N8O2Si. The molecule has 4 aliphatic carbocycles. The Morgan fingerprint density at radius 1 is 0.409 bits per heavy atom. The van der Waals surface area contributed by atoms with Gasteiger partial charge < -0.3 is 4.43 Å². The standard InChI is InChI=1S/C33H58N8O2Si/c42-33(43-44)23-15-7-14-22-24(23)32-40-30-21-13-6-5-12-20(21)28(38-30)36-26-17-9-2-1-8-16(17)25(34-26)35-27-18-10-3-4-11-19(18)29(37-27)39-31(22)41-32/h16-32,34-41H,1-15H2,44H3. The van der Waals surface area contributed by atoms with Crippen LogP contribution in [0.2, 0.25) is 0 Å². The maximum Gasteiger partial charge on any atom is 0.295 e. The van der Waals surface area contributed by atoms with Gasteiger partial charge in [-0.15, -0.1) is 0 Å². The van der Waals surface area contributed by atoms with E-state index in [0.717, 1.165) is 12.8 Å². The lowest BCUT2D eigenvalue weighted by Gasteiger charge is -2.38. The molecular weight excluding hydrogens is 569 g/mol. The second kappa shape index (κ2) is 12.1. The molecule has 8 N–H and O–H groups in total. The third kappa shape index (κ3) is 4.98. The van der Waals surface area contributed by atoms with Gasteiger partial charge in [-0.05, 0) is 92.8 Å². The Morgan fingerprint density at radius 2 is 0.705 bits per heavy atom. The fourth-order valence-corrected chi connectivity index (χ4v) is 12.8. The smallest absolute Gasteiger partial charge is 0.295 e. The minimum atomic E-state index is -0.0147. The number of rotatable bonds is 1. The molecule has 17 unspecified atom stereocenters. The van der Waals surface area contributed by atoms with E-state index in [1.165, 1.54) is 83.5 Å². The summed E-state index contributed by atoms with van der Waals surface area (Å²) in [5.74, 6) is 4.68. The highest BCUT2D eigenvalue weighted by molar-refractivity contribution is 6.05. The molecule has 0 amide bonds. The normalized spacial score (nSPS) is 55.0. The van der Waals surface area contributed by atoms with E-state index in [-0.39, 0.29) is 36.3 Å². The van der Waals surface area contributed by atoms with Gasteiger partial charge >= 0.3 is 0 Å². The molecule has 9 rings (SSSR count). The van der Waals surface area contributed by atoms with E-state index in [2.05, 4.69) is 42.5 Å². The average Bonchev–Trinajstić information content (AvgIpc) is 3.80. The van der Waals surface area contributed by atoms with Crippen molar-refractivity contribution in [2.75, 3.05) is 0 Å². The molecule has 10 nitrogen and oxygen atoms in total. The molecule has 0 aromatic heterocycles. The maximum absolute atomic E-state index is 13.3. The first kappa shape index (κ1) is 29.5. The summed E-state index contributed by atoms with van der Waals surface area (Å²) in [6.45, 7) is 0. The number of hydrogen-bond acceptors (Lipinski definition) is 10. The van der Waals surface area contributed by atoms with Crippen LogP contribution >= 0.6 is 0 Å². The zero-order valence-electron chi connectivity index (χ0n) is 26.7. The number of carbonyl (C=O) groups excluding carboxylic acids is 1. The molecule has 0 radical (unpaired) electrons. The zero-order chi connectivity index (χ0) is 29.4. The highest BCUT2D eigenvalue weighted by atomic mass is 28.2. The Hall–Kier alpha value is -0.633. The highest BCUT2D eigenvalue weighted by Gasteiger charge is 2.56. The lowest BCUT2D eigenvalue weighted by Crippen LogP contribution is -2.62. The van der Waals surface area contributed by atoms with Gasteiger partial charge in [0.1, 0.15) is 0 Å². The summed E-state index contributed by atoms with van der Waals surface area (Å²) in [5.41, 5.74) is 0. The Balaban J connectivity index is 1.07. The quantitative estimate of drug-likeness (QED) is 0.197. The molecule has 17 atom stereocenters. The Morgan fingerprint density at radius 3 is 1.05 bits per heavy atom. The van der Waals surface area contributed by atoms with Gasteiger partial charge in [-0.2, -0.15) is 0 Å². The van der Waals surface area contributed by atoms with Gasteiger partial charge in [-0.1, -0.05) is 44.9 Å². The second-order valence-electron chi connectivity index (χ2n) is 16.3. The molecule has 5 heterocycles. The van der Waals surface area contributed by atoms with Crippen molar-refractivity contribution in [2.24, 2.45) is 53.3 Å². The van der Waals surface area contributed by atoms with E-state index in [0.29, 0.717) is 82.7 Å². The molecule has 0 aromatic rings. The molecule has 11 heteroatoms. The van der Waals surface area contributed by atoms with E-state index >= 15 is 0 Å². The molecule has 5 saturated heterocycles. The SMILES string of the molecule is O=C(O[SiH3])C1CCCC2C3NC4NC(NC5NC(NC6NC(NC(N3)C12)C1CCCCC61)C1CCCCC51)C1CCCCC41. The molecule has 246 valence electrons. The Labute approximate surface area is 266 Å². The van der Waals surface area contributed by atoms with Crippen LogP contribution in [0.25, 0.3) is 0 Å². The largest absolute Gasteiger partial charge is 0.529 e. The molecule has 0 aromatic carbocycles. The summed E-state index contributed by atoms with van der Waals surface area (Å²) in [6, 6.07) is 0. The van der Waals surface area contributed by atoms with Gasteiger partial charge in [-0.25, -0.2) is 0 Å². The predicted octanol–water partition coefficient (Wildman–Crippen LogP) is 0.655. The molecule has 4 saturated carbocycles. The summed E-state index contributed by atoms with van der Waals surface area (Å²) < 4.78 is 5.57. The summed E-state index contributed by atoms with van der Waals surface area (Å²) >= 11 is 0. The van der Waals surface area contributed by atoms with Crippen LogP contribution in [0.5, 0.6) is 0 Å². The van der Waals surface area contributed by atoms with Crippen LogP contribution in [0.3, 0.4) is 0 Å². The van der Waals surface area contributed by atoms with Crippen molar-refractivity contribution in [3.05, 3.63) is 0 Å². The highest BCUT2D eigenvalue weighted by Crippen LogP contribution is 2.47. The Bertz CT molecular complexity index is 1070. The number of nitrogens with one attached hydrogen (secondary N) is 8. The number of fused-ring (bicyclic) bond motifs is 20. The van der Waals surface area contributed by atoms with Crippen LogP contribution in [0.1, 0.15) is 96.3 Å². The molecule has 8 bridgehead atoms. The number of carbonyl (C=O) groups is 1. The Kier molecular flexibility index (Phi) is 8.12. The molecule has 9 fully saturated rings. The first-order valence-corrected chi connectivity index (χ1v) is 19.6. The van der Waals surface area contributed by atoms with Gasteiger partial charge in [0.05, 0.1) is 55.2 Å². The predicted molar refractivity (Wildman–Crippen MR) is 172 cm³/mol. The molecule has 44 heavy (non-hydrogen) atoms. The molecule has 5 aliphatic heterocycles. The van der Waals surface area contributed by atoms with Crippen LogP contribution < -0.4 is 42.5 Å². The van der Waals surface area contributed by atoms with Gasteiger partial charge in [0.2, 0.25) is 10.5 Å². The summed E-state index contributed by atoms with van der Waals surface area (Å²) in [6.07, 6.45) is 21.4. The average molecular weight is 627 g/mol. The van der Waals surface area contributed by atoms with Gasteiger partial charge in [-0.3, -0.25) is 47.3 Å². The topological polar surface area (TPSA) is 123 Å². The van der Waals surface area contributed by atoms with Crippen molar-refractivity contribution in [3.63, 3.8) is 0 Å².